The van der Waals surface area contributed by atoms with E-state index in [1.165, 1.54) is 25.7 Å². The Bertz CT molecular complexity index is 290. The van der Waals surface area contributed by atoms with Crippen LogP contribution in [0.3, 0.4) is 0 Å². The molecule has 0 unspecified atom stereocenters. The van der Waals surface area contributed by atoms with Crippen LogP contribution in [0.25, 0.3) is 0 Å². The third-order valence-corrected chi connectivity index (χ3v) is 2.98. The molecular formula is C13H20FNO. The van der Waals surface area contributed by atoms with E-state index in [4.69, 9.17) is 10.5 Å². The predicted molar refractivity (Wildman–Crippen MR) is 64.4 cm³/mol. The Morgan fingerprint density at radius 2 is 2.06 bits per heavy atom. The average molecular weight is 225 g/mol. The molecule has 90 valence electrons. The average Bonchev–Trinajstić information content (AvgIpc) is 2.79. The minimum atomic E-state index is -0.445. The normalized spacial score (nSPS) is 18.1. The summed E-state index contributed by atoms with van der Waals surface area (Å²) in [6, 6.07) is 0. The van der Waals surface area contributed by atoms with Crippen molar-refractivity contribution in [1.82, 2.24) is 0 Å². The number of hydrogen-bond acceptors (Lipinski definition) is 2. The van der Waals surface area contributed by atoms with Crippen molar-refractivity contribution in [2.75, 3.05) is 13.2 Å². The molecule has 2 nitrogen and oxygen atoms in total. The first-order valence-electron chi connectivity index (χ1n) is 5.72. The van der Waals surface area contributed by atoms with Crippen molar-refractivity contribution in [1.29, 1.82) is 0 Å². The molecule has 1 fully saturated rings. The van der Waals surface area contributed by atoms with Crippen molar-refractivity contribution >= 4 is 0 Å². The molecule has 3 heteroatoms. The van der Waals surface area contributed by atoms with Crippen molar-refractivity contribution in [3.05, 3.63) is 36.4 Å². The molecule has 0 atom stereocenters. The molecular weight excluding hydrogens is 205 g/mol. The summed E-state index contributed by atoms with van der Waals surface area (Å²) in [6.45, 7) is 7.77. The van der Waals surface area contributed by atoms with Crippen LogP contribution in [0.4, 0.5) is 4.39 Å². The smallest absolute Gasteiger partial charge is 0.130 e. The monoisotopic (exact) mass is 225 g/mol. The van der Waals surface area contributed by atoms with E-state index < -0.39 is 5.83 Å². The zero-order valence-electron chi connectivity index (χ0n) is 9.68. The summed E-state index contributed by atoms with van der Waals surface area (Å²) in [5.74, 6) is 0.480. The SMILES string of the molecule is C=C/C(F)=C(/CN)C(=C)OCC1CCCC1. The first-order valence-corrected chi connectivity index (χ1v) is 5.72. The molecule has 2 N–H and O–H groups in total. The van der Waals surface area contributed by atoms with Crippen LogP contribution >= 0.6 is 0 Å². The molecule has 0 aliphatic heterocycles. The van der Waals surface area contributed by atoms with Gasteiger partial charge in [0.2, 0.25) is 0 Å². The van der Waals surface area contributed by atoms with E-state index in [1.807, 2.05) is 0 Å². The number of halogens is 1. The summed E-state index contributed by atoms with van der Waals surface area (Å²) < 4.78 is 18.8. The van der Waals surface area contributed by atoms with E-state index in [0.717, 1.165) is 6.08 Å². The van der Waals surface area contributed by atoms with Crippen LogP contribution < -0.4 is 5.73 Å². The lowest BCUT2D eigenvalue weighted by Crippen LogP contribution is -2.12. The van der Waals surface area contributed by atoms with E-state index >= 15 is 0 Å². The van der Waals surface area contributed by atoms with E-state index in [9.17, 15) is 4.39 Å². The van der Waals surface area contributed by atoms with Crippen molar-refractivity contribution in [3.63, 3.8) is 0 Å². The van der Waals surface area contributed by atoms with Crippen LogP contribution in [-0.2, 0) is 4.74 Å². The maximum Gasteiger partial charge on any atom is 0.130 e. The van der Waals surface area contributed by atoms with Crippen molar-refractivity contribution < 1.29 is 9.13 Å². The standard InChI is InChI=1S/C13H20FNO/c1-3-13(14)12(8-15)10(2)16-9-11-6-4-5-7-11/h3,11H,1-2,4-9,15H2/b13-12+. The van der Waals surface area contributed by atoms with Gasteiger partial charge in [0, 0.05) is 12.1 Å². The molecule has 0 spiro atoms. The van der Waals surface area contributed by atoms with Crippen LogP contribution in [0.1, 0.15) is 25.7 Å². The Hall–Kier alpha value is -1.09. The van der Waals surface area contributed by atoms with Crippen LogP contribution in [0.15, 0.2) is 36.4 Å². The van der Waals surface area contributed by atoms with Gasteiger partial charge < -0.3 is 10.5 Å². The molecule has 1 saturated carbocycles. The Labute approximate surface area is 96.7 Å². The van der Waals surface area contributed by atoms with Crippen molar-refractivity contribution in [3.8, 4) is 0 Å². The molecule has 0 saturated heterocycles. The highest BCUT2D eigenvalue weighted by atomic mass is 19.1. The molecule has 0 aromatic carbocycles. The van der Waals surface area contributed by atoms with Gasteiger partial charge in [-0.25, -0.2) is 4.39 Å². The van der Waals surface area contributed by atoms with Gasteiger partial charge in [0.15, 0.2) is 0 Å². The maximum absolute atomic E-state index is 13.3. The quantitative estimate of drug-likeness (QED) is 0.557. The largest absolute Gasteiger partial charge is 0.493 e. The first-order chi connectivity index (χ1) is 7.69. The molecule has 16 heavy (non-hydrogen) atoms. The molecule has 0 amide bonds. The van der Waals surface area contributed by atoms with Gasteiger partial charge in [-0.3, -0.25) is 0 Å². The lowest BCUT2D eigenvalue weighted by Gasteiger charge is -2.15. The fraction of sp³-hybridized carbons (Fsp3) is 0.538. The third-order valence-electron chi connectivity index (χ3n) is 2.98. The first kappa shape index (κ1) is 13.0. The summed E-state index contributed by atoms with van der Waals surface area (Å²) in [6.07, 6.45) is 6.05. The lowest BCUT2D eigenvalue weighted by atomic mass is 10.1. The minimum absolute atomic E-state index is 0.0847. The van der Waals surface area contributed by atoms with Crippen LogP contribution in [0, 0.1) is 5.92 Å². The lowest BCUT2D eigenvalue weighted by molar-refractivity contribution is 0.173. The van der Waals surface area contributed by atoms with Gasteiger partial charge in [0.25, 0.3) is 0 Å². The Balaban J connectivity index is 2.46. The summed E-state index contributed by atoms with van der Waals surface area (Å²) in [5, 5.41) is 0. The molecule has 1 aliphatic rings. The number of allylic oxidation sites excluding steroid dienone is 2. The number of nitrogens with two attached hydrogens (primary N) is 1. The van der Waals surface area contributed by atoms with Gasteiger partial charge in [-0.2, -0.15) is 0 Å². The number of ether oxygens (including phenoxy) is 1. The van der Waals surface area contributed by atoms with Gasteiger partial charge in [-0.05, 0) is 24.8 Å². The fourth-order valence-corrected chi connectivity index (χ4v) is 1.95. The van der Waals surface area contributed by atoms with Gasteiger partial charge in [0.1, 0.15) is 11.6 Å². The van der Waals surface area contributed by atoms with Crippen molar-refractivity contribution in [2.24, 2.45) is 11.7 Å². The highest BCUT2D eigenvalue weighted by Crippen LogP contribution is 2.26. The van der Waals surface area contributed by atoms with Crippen LogP contribution in [0.5, 0.6) is 0 Å². The third kappa shape index (κ3) is 3.49. The zero-order valence-corrected chi connectivity index (χ0v) is 9.68. The molecule has 0 radical (unpaired) electrons. The van der Waals surface area contributed by atoms with Gasteiger partial charge in [0.05, 0.1) is 6.61 Å². The second-order valence-electron chi connectivity index (χ2n) is 4.12. The highest BCUT2D eigenvalue weighted by molar-refractivity contribution is 5.32. The molecule has 0 aromatic heterocycles. The maximum atomic E-state index is 13.3. The van der Waals surface area contributed by atoms with Crippen LogP contribution in [-0.4, -0.2) is 13.2 Å². The minimum Gasteiger partial charge on any atom is -0.493 e. The Kier molecular flexibility index (Phi) is 5.26. The summed E-state index contributed by atoms with van der Waals surface area (Å²) in [7, 11) is 0. The van der Waals surface area contributed by atoms with Gasteiger partial charge >= 0.3 is 0 Å². The highest BCUT2D eigenvalue weighted by Gasteiger charge is 2.17. The molecule has 0 bridgehead atoms. The zero-order chi connectivity index (χ0) is 12.0. The molecule has 0 aromatic rings. The predicted octanol–water partition coefficient (Wildman–Crippen LogP) is 3.08. The molecule has 0 heterocycles. The molecule has 1 rings (SSSR count). The second kappa shape index (κ2) is 6.48. The topological polar surface area (TPSA) is 35.2 Å². The fourth-order valence-electron chi connectivity index (χ4n) is 1.95. The molecule has 1 aliphatic carbocycles. The van der Waals surface area contributed by atoms with E-state index in [-0.39, 0.29) is 6.54 Å². The van der Waals surface area contributed by atoms with Crippen LogP contribution in [0.2, 0.25) is 0 Å². The van der Waals surface area contributed by atoms with Gasteiger partial charge in [-0.15, -0.1) is 0 Å². The van der Waals surface area contributed by atoms with E-state index in [0.29, 0.717) is 23.9 Å². The summed E-state index contributed by atoms with van der Waals surface area (Å²) >= 11 is 0. The summed E-state index contributed by atoms with van der Waals surface area (Å²) in [5.41, 5.74) is 5.76. The second-order valence-corrected chi connectivity index (χ2v) is 4.12. The van der Waals surface area contributed by atoms with E-state index in [2.05, 4.69) is 13.2 Å². The Morgan fingerprint density at radius 1 is 1.44 bits per heavy atom. The summed E-state index contributed by atoms with van der Waals surface area (Å²) in [4.78, 5) is 0. The Morgan fingerprint density at radius 3 is 2.56 bits per heavy atom. The van der Waals surface area contributed by atoms with Crippen molar-refractivity contribution in [2.45, 2.75) is 25.7 Å². The number of rotatable bonds is 6. The van der Waals surface area contributed by atoms with Gasteiger partial charge in [-0.1, -0.05) is 26.0 Å². The number of hydrogen-bond donors (Lipinski definition) is 1. The van der Waals surface area contributed by atoms with E-state index in [1.54, 1.807) is 0 Å².